The largest absolute Gasteiger partial charge is 0.387 e. The van der Waals surface area contributed by atoms with Gasteiger partial charge < -0.3 is 25.2 Å². The van der Waals surface area contributed by atoms with Crippen molar-refractivity contribution >= 4 is 0 Å². The Kier molecular flexibility index (Phi) is 2.97. The van der Waals surface area contributed by atoms with Crippen molar-refractivity contribution in [1.82, 2.24) is 0 Å². The fraction of sp³-hybridized carbons (Fsp3) is 1.00. The van der Waals surface area contributed by atoms with E-state index in [-0.39, 0.29) is 0 Å². The molecule has 1 rings (SSSR count). The number of aliphatic hydroxyl groups is 4. The van der Waals surface area contributed by atoms with E-state index in [2.05, 4.69) is 4.74 Å². The molecule has 1 fully saturated rings. The minimum atomic E-state index is -1.65. The SMILES string of the molecule is OC1OC(CF)[C@@H](O)C(O)[C@@H]1O. The molecule has 0 spiro atoms. The molecule has 1 heterocycles. The molecule has 3 unspecified atom stereocenters. The van der Waals surface area contributed by atoms with Gasteiger partial charge in [-0.15, -0.1) is 0 Å². The van der Waals surface area contributed by atoms with Crippen LogP contribution in [-0.2, 0) is 4.74 Å². The van der Waals surface area contributed by atoms with Gasteiger partial charge in [0.25, 0.3) is 0 Å². The summed E-state index contributed by atoms with van der Waals surface area (Å²) < 4.78 is 16.5. The number of hydrogen-bond acceptors (Lipinski definition) is 5. The molecule has 0 saturated carbocycles. The second kappa shape index (κ2) is 3.63. The first-order valence-corrected chi connectivity index (χ1v) is 3.51. The predicted octanol–water partition coefficient (Wildman–Crippen LogP) is -2.24. The molecule has 0 aliphatic carbocycles. The van der Waals surface area contributed by atoms with E-state index in [0.717, 1.165) is 0 Å². The van der Waals surface area contributed by atoms with Gasteiger partial charge in [0.1, 0.15) is 31.1 Å². The summed E-state index contributed by atoms with van der Waals surface area (Å²) in [5, 5.41) is 35.8. The quantitative estimate of drug-likeness (QED) is 0.368. The number of rotatable bonds is 1. The fourth-order valence-electron chi connectivity index (χ4n) is 1.06. The second-order valence-corrected chi connectivity index (χ2v) is 2.69. The summed E-state index contributed by atoms with van der Waals surface area (Å²) in [4.78, 5) is 0. The Balaban J connectivity index is 2.63. The molecule has 0 amide bonds. The van der Waals surface area contributed by atoms with Crippen molar-refractivity contribution in [3.05, 3.63) is 0 Å². The van der Waals surface area contributed by atoms with Crippen LogP contribution in [-0.4, -0.2) is 57.8 Å². The van der Waals surface area contributed by atoms with Crippen LogP contribution in [0.1, 0.15) is 0 Å². The monoisotopic (exact) mass is 182 g/mol. The Morgan fingerprint density at radius 2 is 1.58 bits per heavy atom. The van der Waals surface area contributed by atoms with E-state index in [1.54, 1.807) is 0 Å². The fourth-order valence-corrected chi connectivity index (χ4v) is 1.06. The summed E-state index contributed by atoms with van der Waals surface area (Å²) in [6.45, 7) is -1.03. The summed E-state index contributed by atoms with van der Waals surface area (Å²) in [5.41, 5.74) is 0. The van der Waals surface area contributed by atoms with Gasteiger partial charge in [0.2, 0.25) is 0 Å². The Bertz CT molecular complexity index is 150. The van der Waals surface area contributed by atoms with Crippen LogP contribution >= 0.6 is 0 Å². The highest BCUT2D eigenvalue weighted by molar-refractivity contribution is 4.88. The van der Waals surface area contributed by atoms with Gasteiger partial charge in [-0.25, -0.2) is 4.39 Å². The van der Waals surface area contributed by atoms with Crippen LogP contribution in [0.2, 0.25) is 0 Å². The van der Waals surface area contributed by atoms with Crippen molar-refractivity contribution < 1.29 is 29.6 Å². The number of hydrogen-bond donors (Lipinski definition) is 4. The van der Waals surface area contributed by atoms with E-state index in [9.17, 15) is 4.39 Å². The summed E-state index contributed by atoms with van der Waals surface area (Å²) in [6, 6.07) is 0. The molecule has 1 aliphatic heterocycles. The van der Waals surface area contributed by atoms with Crippen molar-refractivity contribution in [2.75, 3.05) is 6.67 Å². The van der Waals surface area contributed by atoms with Crippen molar-refractivity contribution in [3.63, 3.8) is 0 Å². The van der Waals surface area contributed by atoms with Crippen LogP contribution in [0.15, 0.2) is 0 Å². The zero-order valence-electron chi connectivity index (χ0n) is 6.17. The lowest BCUT2D eigenvalue weighted by molar-refractivity contribution is -0.283. The van der Waals surface area contributed by atoms with Gasteiger partial charge >= 0.3 is 0 Å². The first-order valence-electron chi connectivity index (χ1n) is 3.51. The summed E-state index contributed by atoms with van der Waals surface area (Å²) in [6.07, 6.45) is -7.60. The normalized spacial score (nSPS) is 49.2. The molecular weight excluding hydrogens is 171 g/mol. The van der Waals surface area contributed by atoms with Crippen molar-refractivity contribution in [2.24, 2.45) is 0 Å². The Morgan fingerprint density at radius 1 is 1.00 bits per heavy atom. The van der Waals surface area contributed by atoms with E-state index >= 15 is 0 Å². The Hall–Kier alpha value is -0.270. The first-order chi connectivity index (χ1) is 5.57. The number of aliphatic hydroxyl groups excluding tert-OH is 4. The molecule has 1 saturated heterocycles. The van der Waals surface area contributed by atoms with Gasteiger partial charge in [-0.1, -0.05) is 0 Å². The van der Waals surface area contributed by atoms with Gasteiger partial charge in [0.05, 0.1) is 0 Å². The molecule has 5 nitrogen and oxygen atoms in total. The summed E-state index contributed by atoms with van der Waals surface area (Å²) in [7, 11) is 0. The maximum Gasteiger partial charge on any atom is 0.184 e. The molecule has 0 bridgehead atoms. The van der Waals surface area contributed by atoms with Crippen LogP contribution in [0.25, 0.3) is 0 Å². The topological polar surface area (TPSA) is 90.2 Å². The van der Waals surface area contributed by atoms with Gasteiger partial charge in [0, 0.05) is 0 Å². The number of alkyl halides is 1. The molecule has 0 aromatic heterocycles. The minimum absolute atomic E-state index is 1.03. The van der Waals surface area contributed by atoms with Gasteiger partial charge in [-0.05, 0) is 0 Å². The number of ether oxygens (including phenoxy) is 1. The van der Waals surface area contributed by atoms with Crippen molar-refractivity contribution in [1.29, 1.82) is 0 Å². The molecule has 0 radical (unpaired) electrons. The minimum Gasteiger partial charge on any atom is -0.387 e. The van der Waals surface area contributed by atoms with Gasteiger partial charge in [-0.3, -0.25) is 0 Å². The third kappa shape index (κ3) is 1.57. The van der Waals surface area contributed by atoms with Crippen LogP contribution in [0, 0.1) is 0 Å². The molecule has 0 aromatic rings. The van der Waals surface area contributed by atoms with Crippen LogP contribution < -0.4 is 0 Å². The van der Waals surface area contributed by atoms with E-state index in [1.165, 1.54) is 0 Å². The van der Waals surface area contributed by atoms with Crippen molar-refractivity contribution in [3.8, 4) is 0 Å². The van der Waals surface area contributed by atoms with Crippen LogP contribution in [0.3, 0.4) is 0 Å². The first kappa shape index (κ1) is 9.82. The Morgan fingerprint density at radius 3 is 2.08 bits per heavy atom. The third-order valence-electron chi connectivity index (χ3n) is 1.84. The Labute approximate surface area is 68.0 Å². The maximum absolute atomic E-state index is 12.0. The third-order valence-corrected chi connectivity index (χ3v) is 1.84. The average Bonchev–Trinajstić information content (AvgIpc) is 2.08. The highest BCUT2D eigenvalue weighted by Gasteiger charge is 2.42. The zero-order valence-corrected chi connectivity index (χ0v) is 6.17. The standard InChI is InChI=1S/C6H11FO5/c7-1-2-3(8)4(9)5(10)6(11)12-2/h2-6,8-11H,1H2/t2?,3-,4?,5+,6?/m1/s1. The van der Waals surface area contributed by atoms with Crippen LogP contribution in [0.4, 0.5) is 4.39 Å². The van der Waals surface area contributed by atoms with Gasteiger partial charge in [0.15, 0.2) is 6.29 Å². The van der Waals surface area contributed by atoms with E-state index in [0.29, 0.717) is 0 Å². The molecule has 6 heteroatoms. The number of halogens is 1. The lowest BCUT2D eigenvalue weighted by atomic mass is 10.00. The summed E-state index contributed by atoms with van der Waals surface area (Å²) >= 11 is 0. The van der Waals surface area contributed by atoms with E-state index in [1.807, 2.05) is 0 Å². The average molecular weight is 182 g/mol. The molecule has 4 N–H and O–H groups in total. The summed E-state index contributed by atoms with van der Waals surface area (Å²) in [5.74, 6) is 0. The molecular formula is C6H11FO5. The molecule has 0 aromatic carbocycles. The smallest absolute Gasteiger partial charge is 0.184 e. The predicted molar refractivity (Wildman–Crippen MR) is 34.9 cm³/mol. The maximum atomic E-state index is 12.0. The lowest BCUT2D eigenvalue weighted by Gasteiger charge is -2.37. The van der Waals surface area contributed by atoms with Gasteiger partial charge in [-0.2, -0.15) is 0 Å². The van der Waals surface area contributed by atoms with Crippen molar-refractivity contribution in [2.45, 2.75) is 30.7 Å². The zero-order chi connectivity index (χ0) is 9.30. The molecule has 1 aliphatic rings. The van der Waals surface area contributed by atoms with Crippen LogP contribution in [0.5, 0.6) is 0 Å². The lowest BCUT2D eigenvalue weighted by Crippen LogP contribution is -2.58. The molecule has 5 atom stereocenters. The van der Waals surface area contributed by atoms with E-state index < -0.39 is 37.4 Å². The molecule has 12 heavy (non-hydrogen) atoms. The highest BCUT2D eigenvalue weighted by Crippen LogP contribution is 2.19. The highest BCUT2D eigenvalue weighted by atomic mass is 19.1. The van der Waals surface area contributed by atoms with E-state index in [4.69, 9.17) is 20.4 Å². The second-order valence-electron chi connectivity index (χ2n) is 2.69. The molecule has 72 valence electrons.